The van der Waals surface area contributed by atoms with E-state index in [1.165, 1.54) is 161 Å². The summed E-state index contributed by atoms with van der Waals surface area (Å²) < 4.78 is 11.5. The van der Waals surface area contributed by atoms with E-state index in [-0.39, 0.29) is 18.3 Å². The van der Waals surface area contributed by atoms with Crippen molar-refractivity contribution in [2.24, 2.45) is 0 Å². The van der Waals surface area contributed by atoms with Gasteiger partial charge in [-0.05, 0) is 46.0 Å². The van der Waals surface area contributed by atoms with Gasteiger partial charge in [0.15, 0.2) is 0 Å². The molecule has 41 heavy (non-hydrogen) atoms. The maximum Gasteiger partial charge on any atom is 0.407 e. The van der Waals surface area contributed by atoms with E-state index in [9.17, 15) is 4.79 Å². The zero-order valence-corrected chi connectivity index (χ0v) is 28.6. The molecule has 1 atom stereocenters. The number of ether oxygens (including phenoxy) is 2. The van der Waals surface area contributed by atoms with E-state index < -0.39 is 0 Å². The Balaban J connectivity index is 4.00. The standard InChI is InChI=1S/C37H75NO3/c1-5-7-9-11-13-15-17-19-21-23-25-27-29-32-36(41-37(39)38-33-30-34-40-35(3)4)31-28-26-24-22-20-18-16-14-12-10-8-6-2/h35-36H,5-34H2,1-4H3,(H,38,39). The van der Waals surface area contributed by atoms with Crippen LogP contribution in [0.1, 0.15) is 207 Å². The van der Waals surface area contributed by atoms with Crippen LogP contribution in [0.15, 0.2) is 0 Å². The second kappa shape index (κ2) is 33.7. The number of rotatable bonds is 33. The van der Waals surface area contributed by atoms with E-state index >= 15 is 0 Å². The highest BCUT2D eigenvalue weighted by molar-refractivity contribution is 5.67. The lowest BCUT2D eigenvalue weighted by Gasteiger charge is -2.18. The van der Waals surface area contributed by atoms with E-state index in [0.29, 0.717) is 13.2 Å². The van der Waals surface area contributed by atoms with Crippen molar-refractivity contribution in [2.45, 2.75) is 220 Å². The topological polar surface area (TPSA) is 47.6 Å². The molecule has 0 aliphatic heterocycles. The summed E-state index contributed by atoms with van der Waals surface area (Å²) in [6.45, 7) is 9.96. The largest absolute Gasteiger partial charge is 0.446 e. The Labute approximate surface area is 258 Å². The van der Waals surface area contributed by atoms with Gasteiger partial charge in [-0.15, -0.1) is 0 Å². The quantitative estimate of drug-likeness (QED) is 0.0784. The highest BCUT2D eigenvalue weighted by atomic mass is 16.6. The van der Waals surface area contributed by atoms with E-state index in [0.717, 1.165) is 19.3 Å². The molecule has 4 nitrogen and oxygen atoms in total. The summed E-state index contributed by atoms with van der Waals surface area (Å²) in [5, 5.41) is 2.94. The van der Waals surface area contributed by atoms with E-state index in [1.54, 1.807) is 0 Å². The number of carbonyl (C=O) groups is 1. The normalized spacial score (nSPS) is 12.2. The molecule has 0 bridgehead atoms. The molecule has 0 fully saturated rings. The summed E-state index contributed by atoms with van der Waals surface area (Å²) in [6, 6.07) is 0. The van der Waals surface area contributed by atoms with Gasteiger partial charge < -0.3 is 14.8 Å². The predicted octanol–water partition coefficient (Wildman–Crippen LogP) is 12.5. The molecule has 1 unspecified atom stereocenters. The third-order valence-electron chi connectivity index (χ3n) is 8.32. The van der Waals surface area contributed by atoms with E-state index in [1.807, 2.05) is 13.8 Å². The van der Waals surface area contributed by atoms with Crippen molar-refractivity contribution in [3.05, 3.63) is 0 Å². The van der Waals surface area contributed by atoms with Crippen molar-refractivity contribution in [2.75, 3.05) is 13.2 Å². The summed E-state index contributed by atoms with van der Waals surface area (Å²) in [5.74, 6) is 0. The molecule has 0 aromatic carbocycles. The molecule has 0 aromatic heterocycles. The SMILES string of the molecule is CCCCCCCCCCCCCCCC(CCCCCCCCCCCCCC)OC(=O)NCCCOC(C)C. The molecule has 0 aliphatic carbocycles. The lowest BCUT2D eigenvalue weighted by Crippen LogP contribution is -2.30. The Morgan fingerprint density at radius 3 is 1.20 bits per heavy atom. The maximum absolute atomic E-state index is 12.4. The minimum absolute atomic E-state index is 0.0674. The number of amides is 1. The van der Waals surface area contributed by atoms with Crippen LogP contribution in [0.25, 0.3) is 0 Å². The van der Waals surface area contributed by atoms with Crippen molar-refractivity contribution in [3.8, 4) is 0 Å². The van der Waals surface area contributed by atoms with Crippen LogP contribution in [0.3, 0.4) is 0 Å². The Morgan fingerprint density at radius 2 is 0.854 bits per heavy atom. The van der Waals surface area contributed by atoms with Crippen molar-refractivity contribution < 1.29 is 14.3 Å². The van der Waals surface area contributed by atoms with Crippen LogP contribution in [0.2, 0.25) is 0 Å². The zero-order chi connectivity index (χ0) is 30.1. The monoisotopic (exact) mass is 582 g/mol. The molecule has 0 radical (unpaired) electrons. The van der Waals surface area contributed by atoms with Crippen molar-refractivity contribution in [1.29, 1.82) is 0 Å². The minimum atomic E-state index is -0.242. The van der Waals surface area contributed by atoms with Gasteiger partial charge in [-0.1, -0.05) is 162 Å². The molecule has 0 saturated carbocycles. The third kappa shape index (κ3) is 33.6. The average Bonchev–Trinajstić information content (AvgIpc) is 2.95. The molecule has 0 aromatic rings. The molecule has 0 heterocycles. The van der Waals surface area contributed by atoms with Crippen LogP contribution in [0.4, 0.5) is 4.79 Å². The summed E-state index contributed by atoms with van der Waals surface area (Å²) >= 11 is 0. The number of unbranched alkanes of at least 4 members (excludes halogenated alkanes) is 23. The van der Waals surface area contributed by atoms with Gasteiger partial charge in [0.05, 0.1) is 6.10 Å². The lowest BCUT2D eigenvalue weighted by atomic mass is 10.0. The Bertz CT molecular complexity index is 510. The summed E-state index contributed by atoms with van der Waals surface area (Å²) in [4.78, 5) is 12.4. The number of alkyl carbamates (subject to hydrolysis) is 1. The summed E-state index contributed by atoms with van der Waals surface area (Å²) in [7, 11) is 0. The highest BCUT2D eigenvalue weighted by Gasteiger charge is 2.14. The van der Waals surface area contributed by atoms with Crippen LogP contribution in [0, 0.1) is 0 Å². The van der Waals surface area contributed by atoms with Gasteiger partial charge in [-0.3, -0.25) is 0 Å². The molecule has 0 spiro atoms. The van der Waals surface area contributed by atoms with E-state index in [2.05, 4.69) is 19.2 Å². The van der Waals surface area contributed by atoms with Gasteiger partial charge >= 0.3 is 6.09 Å². The molecule has 0 aliphatic rings. The second-order valence-electron chi connectivity index (χ2n) is 12.9. The van der Waals surface area contributed by atoms with Crippen molar-refractivity contribution >= 4 is 6.09 Å². The smallest absolute Gasteiger partial charge is 0.407 e. The fourth-order valence-corrected chi connectivity index (χ4v) is 5.64. The van der Waals surface area contributed by atoms with E-state index in [4.69, 9.17) is 9.47 Å². The third-order valence-corrected chi connectivity index (χ3v) is 8.32. The van der Waals surface area contributed by atoms with Gasteiger partial charge in [-0.25, -0.2) is 4.79 Å². The fraction of sp³-hybridized carbons (Fsp3) is 0.973. The van der Waals surface area contributed by atoms with Gasteiger partial charge in [0.2, 0.25) is 0 Å². The number of nitrogens with one attached hydrogen (secondary N) is 1. The maximum atomic E-state index is 12.4. The Kier molecular flexibility index (Phi) is 33.1. The van der Waals surface area contributed by atoms with Gasteiger partial charge in [-0.2, -0.15) is 0 Å². The first-order valence-electron chi connectivity index (χ1n) is 18.7. The summed E-state index contributed by atoms with van der Waals surface area (Å²) in [6.07, 6.45) is 37.0. The summed E-state index contributed by atoms with van der Waals surface area (Å²) in [5.41, 5.74) is 0. The van der Waals surface area contributed by atoms with Crippen LogP contribution in [-0.4, -0.2) is 31.5 Å². The molecule has 0 saturated heterocycles. The van der Waals surface area contributed by atoms with Gasteiger partial charge in [0.25, 0.3) is 0 Å². The van der Waals surface area contributed by atoms with Crippen molar-refractivity contribution in [3.63, 3.8) is 0 Å². The second-order valence-corrected chi connectivity index (χ2v) is 12.9. The molecular formula is C37H75NO3. The minimum Gasteiger partial charge on any atom is -0.446 e. The molecule has 0 rings (SSSR count). The molecule has 4 heteroatoms. The zero-order valence-electron chi connectivity index (χ0n) is 28.6. The molecular weight excluding hydrogens is 506 g/mol. The first-order valence-corrected chi connectivity index (χ1v) is 18.7. The number of hydrogen-bond acceptors (Lipinski definition) is 3. The van der Waals surface area contributed by atoms with Gasteiger partial charge in [0.1, 0.15) is 6.10 Å². The van der Waals surface area contributed by atoms with Crippen LogP contribution in [0.5, 0.6) is 0 Å². The predicted molar refractivity (Wildman–Crippen MR) is 180 cm³/mol. The number of carbonyl (C=O) groups excluding carboxylic acids is 1. The first-order chi connectivity index (χ1) is 20.1. The Hall–Kier alpha value is -0.770. The van der Waals surface area contributed by atoms with Crippen LogP contribution in [-0.2, 0) is 9.47 Å². The fourth-order valence-electron chi connectivity index (χ4n) is 5.64. The molecule has 1 N–H and O–H groups in total. The molecule has 246 valence electrons. The van der Waals surface area contributed by atoms with Gasteiger partial charge in [0, 0.05) is 13.2 Å². The number of hydrogen-bond donors (Lipinski definition) is 1. The molecule has 1 amide bonds. The van der Waals surface area contributed by atoms with Crippen molar-refractivity contribution in [1.82, 2.24) is 5.32 Å². The Morgan fingerprint density at radius 1 is 0.512 bits per heavy atom. The van der Waals surface area contributed by atoms with Crippen LogP contribution >= 0.6 is 0 Å². The van der Waals surface area contributed by atoms with Crippen LogP contribution < -0.4 is 5.32 Å². The first kappa shape index (κ1) is 40.2. The lowest BCUT2D eigenvalue weighted by molar-refractivity contribution is 0.0720. The highest BCUT2D eigenvalue weighted by Crippen LogP contribution is 2.18. The average molecular weight is 582 g/mol.